The lowest BCUT2D eigenvalue weighted by molar-refractivity contribution is 0.533. The molecule has 2 fully saturated rings. The first-order valence-corrected chi connectivity index (χ1v) is 3.58. The number of nitroso groups, excluding NO2 is 1. The third-order valence-electron chi connectivity index (χ3n) is 2.29. The molecule has 3 N–H and O–H groups in total. The predicted octanol–water partition coefficient (Wildman–Crippen LogP) is -0.243. The van der Waals surface area contributed by atoms with E-state index in [0.717, 1.165) is 11.8 Å². The summed E-state index contributed by atoms with van der Waals surface area (Å²) in [6.45, 7) is 4.99. The summed E-state index contributed by atoms with van der Waals surface area (Å²) >= 11 is 0. The highest BCUT2D eigenvalue weighted by atomic mass is 16.2. The largest absolute Gasteiger partial charge is 0.316 e. The van der Waals surface area contributed by atoms with E-state index in [0.29, 0.717) is 0 Å². The van der Waals surface area contributed by atoms with Crippen LogP contribution in [0.15, 0.2) is 0 Å². The molecule has 2 aliphatic rings. The molecule has 0 unspecified atom stereocenters. The summed E-state index contributed by atoms with van der Waals surface area (Å²) in [7, 11) is 0. The molecule has 0 bridgehead atoms. The first kappa shape index (κ1) is 7.63. The maximum atomic E-state index is 7.50. The molecule has 58 valence electrons. The summed E-state index contributed by atoms with van der Waals surface area (Å²) in [5.41, 5.74) is 4.50. The van der Waals surface area contributed by atoms with Gasteiger partial charge in [0.2, 0.25) is 0 Å². The van der Waals surface area contributed by atoms with Gasteiger partial charge < -0.3 is 10.6 Å². The van der Waals surface area contributed by atoms with Gasteiger partial charge in [0.05, 0.1) is 0 Å². The van der Waals surface area contributed by atoms with Crippen molar-refractivity contribution in [1.29, 1.82) is 5.59 Å². The van der Waals surface area contributed by atoms with E-state index in [1.54, 1.807) is 0 Å². The molecular weight excluding hydrogens is 130 g/mol. The van der Waals surface area contributed by atoms with Crippen molar-refractivity contribution in [3.63, 3.8) is 0 Å². The highest BCUT2D eigenvalue weighted by Gasteiger charge is 2.30. The summed E-state index contributed by atoms with van der Waals surface area (Å²) in [5, 5.41) is 6.77. The zero-order chi connectivity index (χ0) is 7.40. The Morgan fingerprint density at radius 1 is 0.900 bits per heavy atom. The van der Waals surface area contributed by atoms with Gasteiger partial charge in [-0.3, -0.25) is 0 Å². The number of hydrogen-bond acceptors (Lipinski definition) is 4. The Balaban J connectivity index is 0.000000231. The molecule has 4 heteroatoms. The molecule has 2 heterocycles. The fourth-order valence-electron chi connectivity index (χ4n) is 1.72. The van der Waals surface area contributed by atoms with Crippen molar-refractivity contribution in [2.24, 2.45) is 11.8 Å². The van der Waals surface area contributed by atoms with Crippen molar-refractivity contribution in [2.45, 2.75) is 0 Å². The van der Waals surface area contributed by atoms with Crippen LogP contribution in [0.4, 0.5) is 0 Å². The Morgan fingerprint density at radius 2 is 1.20 bits per heavy atom. The van der Waals surface area contributed by atoms with E-state index < -0.39 is 0 Å². The average molecular weight is 143 g/mol. The molecule has 0 aliphatic carbocycles. The van der Waals surface area contributed by atoms with Gasteiger partial charge in [0, 0.05) is 0 Å². The normalized spacial score (nSPS) is 36.4. The number of hydrogen-bond donors (Lipinski definition) is 3. The second-order valence-electron chi connectivity index (χ2n) is 2.84. The monoisotopic (exact) mass is 143 g/mol. The molecule has 4 nitrogen and oxygen atoms in total. The van der Waals surface area contributed by atoms with E-state index in [9.17, 15) is 0 Å². The molecule has 0 aromatic heterocycles. The molecule has 0 aromatic rings. The van der Waals surface area contributed by atoms with Crippen molar-refractivity contribution >= 4 is 0 Å². The quantitative estimate of drug-likeness (QED) is 0.410. The minimum atomic E-state index is 0.954. The molecule has 0 aromatic carbocycles. The topological polar surface area (TPSA) is 65.0 Å². The fraction of sp³-hybridized carbons (Fsp3) is 1.00. The van der Waals surface area contributed by atoms with Crippen LogP contribution in [0.5, 0.6) is 0 Å². The fourth-order valence-corrected chi connectivity index (χ4v) is 1.72. The SMILES string of the molecule is C1NCC2CNCC12.N=O. The maximum Gasteiger partial charge on any atom is -0.000463 e. The summed E-state index contributed by atoms with van der Waals surface area (Å²) in [4.78, 5) is 7.50. The molecule has 0 radical (unpaired) electrons. The van der Waals surface area contributed by atoms with Gasteiger partial charge >= 0.3 is 0 Å². The first-order chi connectivity index (χ1) is 4.97. The van der Waals surface area contributed by atoms with Crippen LogP contribution in [0.3, 0.4) is 0 Å². The Kier molecular flexibility index (Phi) is 2.77. The standard InChI is InChI=1S/C6H12N2.HNO/c1-5-2-8-4-6(5)3-7-1;1-2/h5-8H,1-4H2;1H. The lowest BCUT2D eigenvalue weighted by Gasteiger charge is -2.01. The predicted molar refractivity (Wildman–Crippen MR) is 38.8 cm³/mol. The van der Waals surface area contributed by atoms with E-state index in [-0.39, 0.29) is 0 Å². The zero-order valence-corrected chi connectivity index (χ0v) is 5.89. The van der Waals surface area contributed by atoms with Gasteiger partial charge in [-0.05, 0) is 38.0 Å². The molecule has 0 atom stereocenters. The van der Waals surface area contributed by atoms with Crippen LogP contribution < -0.4 is 10.6 Å². The molecule has 2 aliphatic heterocycles. The van der Waals surface area contributed by atoms with Crippen LogP contribution in [0.1, 0.15) is 0 Å². The molecule has 0 saturated carbocycles. The summed E-state index contributed by atoms with van der Waals surface area (Å²) in [6, 6.07) is 0. The lowest BCUT2D eigenvalue weighted by Crippen LogP contribution is -2.19. The van der Waals surface area contributed by atoms with E-state index in [1.165, 1.54) is 26.2 Å². The van der Waals surface area contributed by atoms with Crippen LogP contribution >= 0.6 is 0 Å². The van der Waals surface area contributed by atoms with Crippen molar-refractivity contribution in [1.82, 2.24) is 10.6 Å². The average Bonchev–Trinajstić information content (AvgIpc) is 2.49. The second kappa shape index (κ2) is 3.63. The highest BCUT2D eigenvalue weighted by molar-refractivity contribution is 4.88. The van der Waals surface area contributed by atoms with Gasteiger partial charge in [-0.1, -0.05) is 5.59 Å². The summed E-state index contributed by atoms with van der Waals surface area (Å²) < 4.78 is 0. The Labute approximate surface area is 60.1 Å². The zero-order valence-electron chi connectivity index (χ0n) is 5.89. The summed E-state index contributed by atoms with van der Waals surface area (Å²) in [6.07, 6.45) is 0. The van der Waals surface area contributed by atoms with Crippen molar-refractivity contribution in [3.05, 3.63) is 4.91 Å². The van der Waals surface area contributed by atoms with Gasteiger partial charge in [-0.2, -0.15) is 4.91 Å². The Hall–Kier alpha value is -0.480. The van der Waals surface area contributed by atoms with Crippen LogP contribution in [0, 0.1) is 22.3 Å². The van der Waals surface area contributed by atoms with Crippen LogP contribution in [0.25, 0.3) is 0 Å². The second-order valence-corrected chi connectivity index (χ2v) is 2.84. The number of nitrogens with one attached hydrogen (secondary N) is 3. The van der Waals surface area contributed by atoms with Gasteiger partial charge in [-0.25, -0.2) is 0 Å². The smallest absolute Gasteiger partial charge is 0.000463 e. The van der Waals surface area contributed by atoms with E-state index in [4.69, 9.17) is 4.91 Å². The Morgan fingerprint density at radius 3 is 1.50 bits per heavy atom. The summed E-state index contributed by atoms with van der Waals surface area (Å²) in [5.74, 6) is 1.91. The lowest BCUT2D eigenvalue weighted by atomic mass is 10.0. The van der Waals surface area contributed by atoms with Crippen molar-refractivity contribution in [3.8, 4) is 0 Å². The molecule has 2 saturated heterocycles. The Bertz CT molecular complexity index is 89.2. The van der Waals surface area contributed by atoms with Gasteiger partial charge in [0.25, 0.3) is 0 Å². The molecule has 0 spiro atoms. The third-order valence-corrected chi connectivity index (χ3v) is 2.29. The van der Waals surface area contributed by atoms with E-state index in [1.807, 2.05) is 0 Å². The van der Waals surface area contributed by atoms with Gasteiger partial charge in [0.1, 0.15) is 0 Å². The van der Waals surface area contributed by atoms with Crippen LogP contribution in [-0.2, 0) is 0 Å². The van der Waals surface area contributed by atoms with Crippen molar-refractivity contribution < 1.29 is 0 Å². The van der Waals surface area contributed by atoms with E-state index in [2.05, 4.69) is 16.2 Å². The first-order valence-electron chi connectivity index (χ1n) is 3.58. The minimum absolute atomic E-state index is 0.954. The molecule has 10 heavy (non-hydrogen) atoms. The third kappa shape index (κ3) is 1.33. The van der Waals surface area contributed by atoms with E-state index >= 15 is 0 Å². The maximum absolute atomic E-state index is 7.50. The van der Waals surface area contributed by atoms with Gasteiger partial charge in [0.15, 0.2) is 0 Å². The molecular formula is C6H13N3O. The molecule has 0 amide bonds. The van der Waals surface area contributed by atoms with Crippen LogP contribution in [-0.4, -0.2) is 26.2 Å². The highest BCUT2D eigenvalue weighted by Crippen LogP contribution is 2.19. The van der Waals surface area contributed by atoms with Crippen LogP contribution in [0.2, 0.25) is 0 Å². The number of fused-ring (bicyclic) bond motifs is 1. The number of rotatable bonds is 0. The van der Waals surface area contributed by atoms with Gasteiger partial charge in [-0.15, -0.1) is 0 Å². The van der Waals surface area contributed by atoms with Crippen molar-refractivity contribution in [2.75, 3.05) is 26.2 Å². The minimum Gasteiger partial charge on any atom is -0.316 e. The molecule has 2 rings (SSSR count).